The largest absolute Gasteiger partial charge is 0.462 e. The smallest absolute Gasteiger partial charge is 0.343 e. The molecule has 0 N–H and O–H groups in total. The van der Waals surface area contributed by atoms with Crippen molar-refractivity contribution in [1.29, 1.82) is 0 Å². The third-order valence-corrected chi connectivity index (χ3v) is 4.88. The Morgan fingerprint density at radius 3 is 2.91 bits per heavy atom. The number of pyridine rings is 1. The van der Waals surface area contributed by atoms with E-state index in [4.69, 9.17) is 9.47 Å². The summed E-state index contributed by atoms with van der Waals surface area (Å²) in [4.78, 5) is 38.8. The summed E-state index contributed by atoms with van der Waals surface area (Å²) in [6.45, 7) is 4.76. The molecule has 2 atom stereocenters. The zero-order chi connectivity index (χ0) is 16.7. The number of esters is 1. The minimum absolute atomic E-state index is 0.0433. The average molecular weight is 385 g/mol. The van der Waals surface area contributed by atoms with Crippen molar-refractivity contribution in [3.8, 4) is 0 Å². The van der Waals surface area contributed by atoms with E-state index < -0.39 is 11.4 Å². The molecule has 1 fully saturated rings. The van der Waals surface area contributed by atoms with Gasteiger partial charge in [-0.3, -0.25) is 9.59 Å². The molecule has 3 heterocycles. The van der Waals surface area contributed by atoms with Crippen LogP contribution >= 0.6 is 15.9 Å². The highest BCUT2D eigenvalue weighted by Gasteiger charge is 2.40. The van der Waals surface area contributed by atoms with Gasteiger partial charge in [-0.1, -0.05) is 0 Å². The SMILES string of the molecule is CCOC(=O)c1cn2c(c(Br)c1=O)C(=O)N1[C@H](C)CCO[C@H]1C2. The Morgan fingerprint density at radius 1 is 1.48 bits per heavy atom. The first-order valence-electron chi connectivity index (χ1n) is 7.50. The van der Waals surface area contributed by atoms with Crippen LogP contribution in [0.4, 0.5) is 0 Å². The van der Waals surface area contributed by atoms with Crippen molar-refractivity contribution >= 4 is 27.8 Å². The first kappa shape index (κ1) is 16.2. The minimum atomic E-state index is -0.693. The van der Waals surface area contributed by atoms with Gasteiger partial charge in [0.2, 0.25) is 5.43 Å². The highest BCUT2D eigenvalue weighted by atomic mass is 79.9. The molecule has 1 aromatic rings. The summed E-state index contributed by atoms with van der Waals surface area (Å²) >= 11 is 3.18. The van der Waals surface area contributed by atoms with Gasteiger partial charge >= 0.3 is 5.97 Å². The van der Waals surface area contributed by atoms with Crippen molar-refractivity contribution in [1.82, 2.24) is 9.47 Å². The van der Waals surface area contributed by atoms with Crippen molar-refractivity contribution in [2.24, 2.45) is 0 Å². The molecule has 23 heavy (non-hydrogen) atoms. The van der Waals surface area contributed by atoms with Crippen LogP contribution in [0.5, 0.6) is 0 Å². The van der Waals surface area contributed by atoms with Crippen LogP contribution in [0, 0.1) is 0 Å². The van der Waals surface area contributed by atoms with E-state index in [1.54, 1.807) is 16.4 Å². The highest BCUT2D eigenvalue weighted by molar-refractivity contribution is 9.10. The quantitative estimate of drug-likeness (QED) is 0.719. The minimum Gasteiger partial charge on any atom is -0.462 e. The standard InChI is InChI=1S/C15H17BrN2O5/c1-3-22-15(21)9-6-17-7-10-18(8(2)4-5-23-10)14(20)12(17)11(16)13(9)19/h6,8,10H,3-5,7H2,1-2H3/t8-,10+/m1/s1. The second kappa shape index (κ2) is 6.09. The molecular weight excluding hydrogens is 368 g/mol. The maximum atomic E-state index is 12.8. The topological polar surface area (TPSA) is 77.8 Å². The van der Waals surface area contributed by atoms with E-state index in [1.807, 2.05) is 6.92 Å². The molecule has 8 heteroatoms. The molecule has 124 valence electrons. The lowest BCUT2D eigenvalue weighted by Crippen LogP contribution is -2.57. The van der Waals surface area contributed by atoms with Gasteiger partial charge in [0.15, 0.2) is 6.23 Å². The van der Waals surface area contributed by atoms with E-state index in [-0.39, 0.29) is 40.5 Å². The first-order chi connectivity index (χ1) is 11.0. The van der Waals surface area contributed by atoms with Crippen molar-refractivity contribution in [2.75, 3.05) is 13.2 Å². The van der Waals surface area contributed by atoms with Gasteiger partial charge in [0.25, 0.3) is 5.91 Å². The summed E-state index contributed by atoms with van der Waals surface area (Å²) in [5, 5.41) is 0. The zero-order valence-corrected chi connectivity index (χ0v) is 14.5. The summed E-state index contributed by atoms with van der Waals surface area (Å²) in [5.41, 5.74) is -0.378. The number of hydrogen-bond acceptors (Lipinski definition) is 5. The van der Waals surface area contributed by atoms with E-state index in [2.05, 4.69) is 15.9 Å². The maximum Gasteiger partial charge on any atom is 0.343 e. The van der Waals surface area contributed by atoms with E-state index in [9.17, 15) is 14.4 Å². The second-order valence-corrected chi connectivity index (χ2v) is 6.38. The summed E-state index contributed by atoms with van der Waals surface area (Å²) in [7, 11) is 0. The number of carbonyl (C=O) groups is 2. The normalized spacial score (nSPS) is 23.3. The molecule has 0 bridgehead atoms. The fraction of sp³-hybridized carbons (Fsp3) is 0.533. The molecule has 0 unspecified atom stereocenters. The molecule has 2 aliphatic rings. The fourth-order valence-corrected chi connectivity index (χ4v) is 3.60. The summed E-state index contributed by atoms with van der Waals surface area (Å²) in [6.07, 6.45) is 1.76. The Bertz CT molecular complexity index is 729. The Hall–Kier alpha value is -1.67. The number of hydrogen-bond donors (Lipinski definition) is 0. The van der Waals surface area contributed by atoms with Crippen molar-refractivity contribution in [2.45, 2.75) is 39.1 Å². The summed E-state index contributed by atoms with van der Waals surface area (Å²) in [5.74, 6) is -0.964. The van der Waals surface area contributed by atoms with Gasteiger partial charge in [0.1, 0.15) is 11.3 Å². The number of nitrogens with zero attached hydrogens (tertiary/aromatic N) is 2. The number of rotatable bonds is 2. The number of aromatic nitrogens is 1. The van der Waals surface area contributed by atoms with Gasteiger partial charge < -0.3 is 18.9 Å². The molecule has 1 amide bonds. The van der Waals surface area contributed by atoms with Crippen molar-refractivity contribution in [3.63, 3.8) is 0 Å². The third kappa shape index (κ3) is 2.59. The van der Waals surface area contributed by atoms with Gasteiger partial charge in [0.05, 0.1) is 24.2 Å². The van der Waals surface area contributed by atoms with E-state index in [0.29, 0.717) is 13.2 Å². The molecule has 0 spiro atoms. The Labute approximate surface area is 141 Å². The van der Waals surface area contributed by atoms with Gasteiger partial charge in [0, 0.05) is 12.2 Å². The van der Waals surface area contributed by atoms with Crippen LogP contribution in [0.1, 0.15) is 41.1 Å². The highest BCUT2D eigenvalue weighted by Crippen LogP contribution is 2.28. The number of amides is 1. The predicted molar refractivity (Wildman–Crippen MR) is 84.3 cm³/mol. The van der Waals surface area contributed by atoms with Crippen LogP contribution in [-0.4, -0.2) is 46.8 Å². The Morgan fingerprint density at radius 2 is 2.22 bits per heavy atom. The molecule has 3 rings (SSSR count). The van der Waals surface area contributed by atoms with Crippen molar-refractivity contribution < 1.29 is 19.1 Å². The van der Waals surface area contributed by atoms with E-state index in [1.165, 1.54) is 6.20 Å². The number of ether oxygens (including phenoxy) is 2. The maximum absolute atomic E-state index is 12.8. The monoisotopic (exact) mass is 384 g/mol. The lowest BCUT2D eigenvalue weighted by molar-refractivity contribution is -0.112. The number of carbonyl (C=O) groups excluding carboxylic acids is 2. The van der Waals surface area contributed by atoms with Crippen LogP contribution in [0.2, 0.25) is 0 Å². The van der Waals surface area contributed by atoms with Gasteiger partial charge in [-0.05, 0) is 36.2 Å². The molecule has 0 aliphatic carbocycles. The Balaban J connectivity index is 2.11. The third-order valence-electron chi connectivity index (χ3n) is 4.14. The van der Waals surface area contributed by atoms with Crippen LogP contribution in [0.15, 0.2) is 15.5 Å². The fourth-order valence-electron chi connectivity index (χ4n) is 2.99. The molecule has 0 aromatic carbocycles. The summed E-state index contributed by atoms with van der Waals surface area (Å²) < 4.78 is 12.3. The first-order valence-corrected chi connectivity index (χ1v) is 8.29. The molecule has 0 radical (unpaired) electrons. The summed E-state index contributed by atoms with van der Waals surface area (Å²) in [6, 6.07) is 0.0433. The van der Waals surface area contributed by atoms with E-state index in [0.717, 1.165) is 6.42 Å². The number of fused-ring (bicyclic) bond motifs is 2. The molecule has 0 saturated carbocycles. The molecular formula is C15H17BrN2O5. The lowest BCUT2D eigenvalue weighted by Gasteiger charge is -2.44. The lowest BCUT2D eigenvalue weighted by atomic mass is 10.1. The zero-order valence-electron chi connectivity index (χ0n) is 12.9. The Kier molecular flexibility index (Phi) is 4.29. The predicted octanol–water partition coefficient (Wildman–Crippen LogP) is 1.38. The average Bonchev–Trinajstić information content (AvgIpc) is 2.50. The molecule has 1 saturated heterocycles. The molecule has 7 nitrogen and oxygen atoms in total. The van der Waals surface area contributed by atoms with Crippen LogP contribution < -0.4 is 5.43 Å². The van der Waals surface area contributed by atoms with Crippen LogP contribution in [-0.2, 0) is 16.0 Å². The van der Waals surface area contributed by atoms with Crippen LogP contribution in [0.25, 0.3) is 0 Å². The van der Waals surface area contributed by atoms with Gasteiger partial charge in [-0.15, -0.1) is 0 Å². The van der Waals surface area contributed by atoms with Crippen LogP contribution in [0.3, 0.4) is 0 Å². The molecule has 2 aliphatic heterocycles. The van der Waals surface area contributed by atoms with Gasteiger partial charge in [-0.2, -0.15) is 0 Å². The van der Waals surface area contributed by atoms with Gasteiger partial charge in [-0.25, -0.2) is 4.79 Å². The van der Waals surface area contributed by atoms with E-state index >= 15 is 0 Å². The second-order valence-electron chi connectivity index (χ2n) is 5.58. The molecule has 1 aromatic heterocycles. The number of halogens is 1. The van der Waals surface area contributed by atoms with Crippen molar-refractivity contribution in [3.05, 3.63) is 32.2 Å².